The lowest BCUT2D eigenvalue weighted by Gasteiger charge is -2.37. The number of ether oxygens (including phenoxy) is 1. The summed E-state index contributed by atoms with van der Waals surface area (Å²) >= 11 is 11.7. The van der Waals surface area contributed by atoms with Crippen molar-refractivity contribution in [2.24, 2.45) is 11.8 Å². The SMILES string of the molecule is C=CCCCOC(=O)[C@H]1[C@H]2C(=O)N(CCO)C(C(=O)N(CC=C)c3ccccc3Cl)C23CC(Br)[C@@H]1S3. The third-order valence-corrected chi connectivity index (χ3v) is 10.7. The topological polar surface area (TPSA) is 87.1 Å². The lowest BCUT2D eigenvalue weighted by molar-refractivity contribution is -0.154. The minimum atomic E-state index is -0.869. The maximum Gasteiger partial charge on any atom is 0.310 e. The molecule has 3 unspecified atom stereocenters. The summed E-state index contributed by atoms with van der Waals surface area (Å²) in [7, 11) is 0. The minimum Gasteiger partial charge on any atom is -0.465 e. The standard InChI is InChI=1S/C26H30BrClN2O5S/c1-3-5-8-14-35-25(34)19-20-23(32)30(12-13-31)22(26(20)15-16(27)21(19)36-26)24(33)29(11-4-2)18-10-7-6-9-17(18)28/h3-4,6-7,9-10,16,19-22,31H,1-2,5,8,11-15H2/t16?,19-,20-,21-,22?,26?/m0/s1. The lowest BCUT2D eigenvalue weighted by Crippen LogP contribution is -2.56. The number of hydrogen-bond acceptors (Lipinski definition) is 6. The molecule has 3 fully saturated rings. The van der Waals surface area contributed by atoms with Crippen molar-refractivity contribution in [3.63, 3.8) is 0 Å². The Labute approximate surface area is 229 Å². The van der Waals surface area contributed by atoms with Crippen molar-refractivity contribution >= 4 is 62.8 Å². The van der Waals surface area contributed by atoms with Crippen LogP contribution in [0.4, 0.5) is 5.69 Å². The van der Waals surface area contributed by atoms with Crippen molar-refractivity contribution in [1.82, 2.24) is 4.90 Å². The van der Waals surface area contributed by atoms with Crippen LogP contribution in [0.2, 0.25) is 5.02 Å². The van der Waals surface area contributed by atoms with E-state index < -0.39 is 28.6 Å². The van der Waals surface area contributed by atoms with Crippen molar-refractivity contribution in [2.75, 3.05) is 31.2 Å². The largest absolute Gasteiger partial charge is 0.465 e. The fourth-order valence-electron chi connectivity index (χ4n) is 5.78. The maximum atomic E-state index is 14.3. The Balaban J connectivity index is 1.72. The molecule has 194 valence electrons. The van der Waals surface area contributed by atoms with Crippen molar-refractivity contribution in [3.05, 3.63) is 54.6 Å². The number of aliphatic hydroxyl groups excluding tert-OH is 1. The number of carbonyl (C=O) groups excluding carboxylic acids is 3. The number of unbranched alkanes of at least 4 members (excludes halogenated alkanes) is 1. The molecule has 0 radical (unpaired) electrons. The molecule has 3 aliphatic heterocycles. The second kappa shape index (κ2) is 11.3. The van der Waals surface area contributed by atoms with Crippen LogP contribution in [0.15, 0.2) is 49.6 Å². The van der Waals surface area contributed by atoms with Gasteiger partial charge in [-0.3, -0.25) is 14.4 Å². The number of alkyl halides is 1. The molecule has 0 aromatic heterocycles. The van der Waals surface area contributed by atoms with Crippen LogP contribution in [0, 0.1) is 11.8 Å². The summed E-state index contributed by atoms with van der Waals surface area (Å²) in [6.07, 6.45) is 5.31. The van der Waals surface area contributed by atoms with E-state index in [-0.39, 0.29) is 48.2 Å². The number of halogens is 2. The van der Waals surface area contributed by atoms with E-state index in [9.17, 15) is 19.5 Å². The van der Waals surface area contributed by atoms with Crippen molar-refractivity contribution in [1.29, 1.82) is 0 Å². The Kier molecular flexibility index (Phi) is 8.54. The molecule has 3 saturated heterocycles. The number of para-hydroxylation sites is 1. The third-order valence-electron chi connectivity index (χ3n) is 7.15. The van der Waals surface area contributed by atoms with Crippen LogP contribution in [-0.2, 0) is 19.1 Å². The predicted octanol–water partition coefficient (Wildman–Crippen LogP) is 3.83. The van der Waals surface area contributed by atoms with Gasteiger partial charge >= 0.3 is 5.97 Å². The number of allylic oxidation sites excluding steroid dienone is 1. The number of anilines is 1. The predicted molar refractivity (Wildman–Crippen MR) is 145 cm³/mol. The number of fused-ring (bicyclic) bond motifs is 1. The molecule has 1 N–H and O–H groups in total. The van der Waals surface area contributed by atoms with E-state index in [0.29, 0.717) is 23.6 Å². The van der Waals surface area contributed by atoms with E-state index >= 15 is 0 Å². The van der Waals surface area contributed by atoms with Gasteiger partial charge in [0.25, 0.3) is 5.91 Å². The summed E-state index contributed by atoms with van der Waals surface area (Å²) in [6, 6.07) is 6.16. The highest BCUT2D eigenvalue weighted by molar-refractivity contribution is 9.09. The molecule has 1 aromatic rings. The Morgan fingerprint density at radius 1 is 1.33 bits per heavy atom. The van der Waals surface area contributed by atoms with E-state index in [1.54, 1.807) is 36.4 Å². The molecular weight excluding hydrogens is 568 g/mol. The van der Waals surface area contributed by atoms with Gasteiger partial charge in [-0.2, -0.15) is 0 Å². The molecule has 0 aliphatic carbocycles. The zero-order valence-electron chi connectivity index (χ0n) is 19.9. The number of esters is 1. The zero-order chi connectivity index (χ0) is 26.0. The number of hydrogen-bond donors (Lipinski definition) is 1. The van der Waals surface area contributed by atoms with Crippen LogP contribution in [0.25, 0.3) is 0 Å². The maximum absolute atomic E-state index is 14.3. The van der Waals surface area contributed by atoms with Gasteiger partial charge in [0.05, 0.1) is 40.5 Å². The quantitative estimate of drug-likeness (QED) is 0.181. The molecule has 36 heavy (non-hydrogen) atoms. The number of rotatable bonds is 11. The van der Waals surface area contributed by atoms with Gasteiger partial charge < -0.3 is 19.6 Å². The van der Waals surface area contributed by atoms with E-state index in [1.165, 1.54) is 21.6 Å². The van der Waals surface area contributed by atoms with Gasteiger partial charge in [0, 0.05) is 23.2 Å². The van der Waals surface area contributed by atoms with Gasteiger partial charge in [-0.25, -0.2) is 0 Å². The molecule has 2 amide bonds. The molecule has 0 saturated carbocycles. The van der Waals surface area contributed by atoms with Gasteiger partial charge in [-0.15, -0.1) is 24.9 Å². The summed E-state index contributed by atoms with van der Waals surface area (Å²) in [5.41, 5.74) is 0.520. The molecule has 1 spiro atoms. The van der Waals surface area contributed by atoms with Crippen molar-refractivity contribution in [2.45, 2.75) is 40.1 Å². The average Bonchev–Trinajstić information content (AvgIpc) is 3.44. The molecule has 10 heteroatoms. The zero-order valence-corrected chi connectivity index (χ0v) is 23.0. The highest BCUT2D eigenvalue weighted by Crippen LogP contribution is 2.68. The average molecular weight is 598 g/mol. The van der Waals surface area contributed by atoms with Gasteiger partial charge in [-0.05, 0) is 31.4 Å². The van der Waals surface area contributed by atoms with E-state index in [4.69, 9.17) is 16.3 Å². The fraction of sp³-hybridized carbons (Fsp3) is 0.500. The molecule has 3 aliphatic rings. The van der Waals surface area contributed by atoms with Gasteiger partial charge in [0.1, 0.15) is 6.04 Å². The Bertz CT molecular complexity index is 1060. The number of thioether (sulfide) groups is 1. The van der Waals surface area contributed by atoms with Crippen LogP contribution in [0.5, 0.6) is 0 Å². The fourth-order valence-corrected chi connectivity index (χ4v) is 9.61. The number of likely N-dealkylation sites (tertiary alicyclic amines) is 1. The van der Waals surface area contributed by atoms with E-state index in [1.807, 2.05) is 0 Å². The number of nitrogens with zero attached hydrogens (tertiary/aromatic N) is 2. The molecule has 6 atom stereocenters. The normalized spacial score (nSPS) is 30.2. The number of benzene rings is 1. The lowest BCUT2D eigenvalue weighted by atomic mass is 9.71. The molecule has 3 heterocycles. The molecular formula is C26H30BrClN2O5S. The molecule has 2 bridgehead atoms. The summed E-state index contributed by atoms with van der Waals surface area (Å²) in [5, 5.41) is 10.0. The number of β-amino-alcohol motifs (C(OH)–C–C–N with tert-alkyl or cyclic N) is 1. The van der Waals surface area contributed by atoms with E-state index in [2.05, 4.69) is 29.1 Å². The van der Waals surface area contributed by atoms with E-state index in [0.717, 1.165) is 6.42 Å². The second-order valence-corrected chi connectivity index (χ2v) is 12.3. The summed E-state index contributed by atoms with van der Waals surface area (Å²) in [4.78, 5) is 44.2. The first-order valence-corrected chi connectivity index (χ1v) is 14.2. The Morgan fingerprint density at radius 3 is 2.75 bits per heavy atom. The molecule has 1 aromatic carbocycles. The Hall–Kier alpha value is -1.81. The minimum absolute atomic E-state index is 0.00276. The third kappa shape index (κ3) is 4.52. The molecule has 4 rings (SSSR count). The van der Waals surface area contributed by atoms with Gasteiger partial charge in [0.15, 0.2) is 0 Å². The number of aliphatic hydroxyl groups is 1. The van der Waals surface area contributed by atoms with Crippen LogP contribution >= 0.6 is 39.3 Å². The first-order valence-electron chi connectivity index (χ1n) is 12.0. The monoisotopic (exact) mass is 596 g/mol. The smallest absolute Gasteiger partial charge is 0.310 e. The van der Waals surface area contributed by atoms with Crippen LogP contribution in [-0.4, -0.2) is 75.0 Å². The van der Waals surface area contributed by atoms with Crippen molar-refractivity contribution in [3.8, 4) is 0 Å². The first kappa shape index (κ1) is 27.2. The first-order chi connectivity index (χ1) is 17.3. The highest BCUT2D eigenvalue weighted by atomic mass is 79.9. The Morgan fingerprint density at radius 2 is 2.08 bits per heavy atom. The second-order valence-electron chi connectivity index (χ2n) is 9.21. The molecule has 7 nitrogen and oxygen atoms in total. The summed E-state index contributed by atoms with van der Waals surface area (Å²) < 4.78 is 4.75. The van der Waals surface area contributed by atoms with Crippen molar-refractivity contribution < 1.29 is 24.2 Å². The summed E-state index contributed by atoms with van der Waals surface area (Å²) in [5.74, 6) is -2.38. The summed E-state index contributed by atoms with van der Waals surface area (Å²) in [6.45, 7) is 7.63. The van der Waals surface area contributed by atoms with Crippen LogP contribution in [0.3, 0.4) is 0 Å². The number of carbonyl (C=O) groups is 3. The van der Waals surface area contributed by atoms with Crippen LogP contribution < -0.4 is 4.90 Å². The highest BCUT2D eigenvalue weighted by Gasteiger charge is 2.76. The van der Waals surface area contributed by atoms with Gasteiger partial charge in [0.2, 0.25) is 5.91 Å². The number of amides is 2. The van der Waals surface area contributed by atoms with Crippen LogP contribution in [0.1, 0.15) is 19.3 Å². The van der Waals surface area contributed by atoms with Gasteiger partial charge in [-0.1, -0.05) is 51.8 Å².